The summed E-state index contributed by atoms with van der Waals surface area (Å²) < 4.78 is 5.88. The highest BCUT2D eigenvalue weighted by molar-refractivity contribution is 5.96. The van der Waals surface area contributed by atoms with E-state index < -0.39 is 0 Å². The zero-order valence-corrected chi connectivity index (χ0v) is 15.3. The molecule has 0 spiro atoms. The molecule has 0 radical (unpaired) electrons. The Hall–Kier alpha value is -1.26. The van der Waals surface area contributed by atoms with Crippen LogP contribution in [0.25, 0.3) is 0 Å². The number of amides is 1. The Balaban J connectivity index is 0.00000264. The van der Waals surface area contributed by atoms with Gasteiger partial charge >= 0.3 is 0 Å². The molecule has 0 saturated carbocycles. The van der Waals surface area contributed by atoms with E-state index in [0.29, 0.717) is 18.6 Å². The predicted octanol–water partition coefficient (Wildman–Crippen LogP) is 3.19. The minimum absolute atomic E-state index is 0. The maximum Gasteiger partial charge on any atom is 0.251 e. The van der Waals surface area contributed by atoms with Gasteiger partial charge in [-0.25, -0.2) is 0 Å². The summed E-state index contributed by atoms with van der Waals surface area (Å²) in [6.07, 6.45) is 3.11. The first kappa shape index (κ1) is 19.8. The molecule has 1 aliphatic heterocycles. The van der Waals surface area contributed by atoms with Crippen molar-refractivity contribution in [1.29, 1.82) is 0 Å². The van der Waals surface area contributed by atoms with Crippen molar-refractivity contribution < 1.29 is 9.53 Å². The fourth-order valence-electron chi connectivity index (χ4n) is 3.12. The minimum Gasteiger partial charge on any atom is -0.492 e. The normalized spacial score (nSPS) is 17.7. The molecular weight excluding hydrogens is 312 g/mol. The quantitative estimate of drug-likeness (QED) is 0.836. The average Bonchev–Trinajstić information content (AvgIpc) is 2.52. The summed E-state index contributed by atoms with van der Waals surface area (Å²) in [4.78, 5) is 12.0. The van der Waals surface area contributed by atoms with Gasteiger partial charge in [0, 0.05) is 30.3 Å². The Kier molecular flexibility index (Phi) is 7.86. The standard InChI is InChI=1S/C18H28N2O2.ClH/c1-5-13(9-12(2)3)20-14-10-16-15(18(21)19-4)7-6-8-17(16)22-11-14;/h6-8,12-14,20H,5,9-11H2,1-4H3,(H,19,21);1H/t13?,14-;/m1./s1. The Labute approximate surface area is 145 Å². The van der Waals surface area contributed by atoms with Gasteiger partial charge in [0.15, 0.2) is 0 Å². The van der Waals surface area contributed by atoms with Crippen LogP contribution in [0.15, 0.2) is 18.2 Å². The van der Waals surface area contributed by atoms with E-state index in [1.165, 1.54) is 0 Å². The van der Waals surface area contributed by atoms with Gasteiger partial charge in [-0.1, -0.05) is 26.8 Å². The number of hydrogen-bond acceptors (Lipinski definition) is 3. The molecule has 0 aliphatic carbocycles. The number of benzene rings is 1. The van der Waals surface area contributed by atoms with E-state index in [2.05, 4.69) is 31.4 Å². The molecule has 2 rings (SSSR count). The van der Waals surface area contributed by atoms with E-state index in [-0.39, 0.29) is 24.4 Å². The summed E-state index contributed by atoms with van der Waals surface area (Å²) in [5.41, 5.74) is 1.74. The molecule has 0 fully saturated rings. The third-order valence-corrected chi connectivity index (χ3v) is 4.22. The van der Waals surface area contributed by atoms with E-state index in [1.54, 1.807) is 7.05 Å². The summed E-state index contributed by atoms with van der Waals surface area (Å²) in [5.74, 6) is 1.47. The lowest BCUT2D eigenvalue weighted by molar-refractivity contribution is 0.0960. The van der Waals surface area contributed by atoms with Crippen LogP contribution in [0.5, 0.6) is 5.75 Å². The maximum absolute atomic E-state index is 12.0. The third kappa shape index (κ3) is 5.11. The van der Waals surface area contributed by atoms with Crippen LogP contribution in [0, 0.1) is 5.92 Å². The van der Waals surface area contributed by atoms with Crippen LogP contribution in [-0.4, -0.2) is 31.6 Å². The van der Waals surface area contributed by atoms with E-state index in [0.717, 1.165) is 36.1 Å². The molecule has 1 amide bonds. The zero-order valence-electron chi connectivity index (χ0n) is 14.5. The SMILES string of the molecule is CCC(CC(C)C)N[C@H]1COc2cccc(C(=O)NC)c2C1.Cl. The van der Waals surface area contributed by atoms with Crippen LogP contribution >= 0.6 is 12.4 Å². The zero-order chi connectivity index (χ0) is 16.1. The van der Waals surface area contributed by atoms with Gasteiger partial charge in [-0.3, -0.25) is 4.79 Å². The predicted molar refractivity (Wildman–Crippen MR) is 96.7 cm³/mol. The number of ether oxygens (including phenoxy) is 1. The van der Waals surface area contributed by atoms with E-state index >= 15 is 0 Å². The van der Waals surface area contributed by atoms with Crippen LogP contribution in [0.2, 0.25) is 0 Å². The third-order valence-electron chi connectivity index (χ3n) is 4.22. The molecular formula is C18H29ClN2O2. The lowest BCUT2D eigenvalue weighted by Gasteiger charge is -2.31. The van der Waals surface area contributed by atoms with E-state index in [1.807, 2.05) is 18.2 Å². The van der Waals surface area contributed by atoms with Crippen molar-refractivity contribution in [2.45, 2.75) is 52.1 Å². The number of carbonyl (C=O) groups excluding carboxylic acids is 1. The van der Waals surface area contributed by atoms with Crippen LogP contribution in [0.4, 0.5) is 0 Å². The summed E-state index contributed by atoms with van der Waals surface area (Å²) in [5, 5.41) is 6.41. The van der Waals surface area contributed by atoms with Crippen LogP contribution in [0.3, 0.4) is 0 Å². The molecule has 2 atom stereocenters. The molecule has 1 aromatic carbocycles. The molecule has 2 N–H and O–H groups in total. The second-order valence-corrected chi connectivity index (χ2v) is 6.47. The topological polar surface area (TPSA) is 50.4 Å². The van der Waals surface area contributed by atoms with Gasteiger partial charge in [0.25, 0.3) is 5.91 Å². The highest BCUT2D eigenvalue weighted by Gasteiger charge is 2.25. The number of nitrogens with one attached hydrogen (secondary N) is 2. The minimum atomic E-state index is -0.0460. The lowest BCUT2D eigenvalue weighted by atomic mass is 9.94. The van der Waals surface area contributed by atoms with Crippen molar-refractivity contribution in [1.82, 2.24) is 10.6 Å². The first-order valence-electron chi connectivity index (χ1n) is 8.27. The van der Waals surface area contributed by atoms with Crippen LogP contribution in [-0.2, 0) is 6.42 Å². The number of rotatable bonds is 6. The fraction of sp³-hybridized carbons (Fsp3) is 0.611. The number of carbonyl (C=O) groups is 1. The first-order chi connectivity index (χ1) is 10.5. The van der Waals surface area contributed by atoms with Gasteiger partial charge in [0.1, 0.15) is 12.4 Å². The first-order valence-corrected chi connectivity index (χ1v) is 8.27. The molecule has 0 bridgehead atoms. The lowest BCUT2D eigenvalue weighted by Crippen LogP contribution is -2.45. The fourth-order valence-corrected chi connectivity index (χ4v) is 3.12. The van der Waals surface area contributed by atoms with Gasteiger partial charge in [-0.2, -0.15) is 0 Å². The van der Waals surface area contributed by atoms with Crippen molar-refractivity contribution >= 4 is 18.3 Å². The average molecular weight is 341 g/mol. The largest absolute Gasteiger partial charge is 0.492 e. The Morgan fingerprint density at radius 1 is 1.39 bits per heavy atom. The van der Waals surface area contributed by atoms with Crippen LogP contribution in [0.1, 0.15) is 49.5 Å². The molecule has 0 saturated heterocycles. The van der Waals surface area contributed by atoms with E-state index in [4.69, 9.17) is 4.74 Å². The van der Waals surface area contributed by atoms with Crippen molar-refractivity contribution in [3.8, 4) is 5.75 Å². The van der Waals surface area contributed by atoms with E-state index in [9.17, 15) is 4.79 Å². The molecule has 4 nitrogen and oxygen atoms in total. The van der Waals surface area contributed by atoms with Crippen molar-refractivity contribution in [3.63, 3.8) is 0 Å². The highest BCUT2D eigenvalue weighted by atomic mass is 35.5. The summed E-state index contributed by atoms with van der Waals surface area (Å²) in [7, 11) is 1.66. The summed E-state index contributed by atoms with van der Waals surface area (Å²) in [6.45, 7) is 7.38. The molecule has 1 aliphatic rings. The monoisotopic (exact) mass is 340 g/mol. The Morgan fingerprint density at radius 2 is 2.13 bits per heavy atom. The second kappa shape index (κ2) is 9.14. The molecule has 130 valence electrons. The molecule has 23 heavy (non-hydrogen) atoms. The van der Waals surface area contributed by atoms with Gasteiger partial charge in [-0.05, 0) is 37.3 Å². The molecule has 0 aromatic heterocycles. The van der Waals surface area contributed by atoms with Gasteiger partial charge in [0.2, 0.25) is 0 Å². The number of halogens is 1. The van der Waals surface area contributed by atoms with Gasteiger partial charge in [0.05, 0.1) is 0 Å². The molecule has 1 unspecified atom stereocenters. The number of fused-ring (bicyclic) bond motifs is 1. The maximum atomic E-state index is 12.0. The smallest absolute Gasteiger partial charge is 0.251 e. The summed E-state index contributed by atoms with van der Waals surface area (Å²) >= 11 is 0. The van der Waals surface area contributed by atoms with Crippen molar-refractivity contribution in [3.05, 3.63) is 29.3 Å². The Morgan fingerprint density at radius 3 is 2.74 bits per heavy atom. The van der Waals surface area contributed by atoms with Gasteiger partial charge < -0.3 is 15.4 Å². The van der Waals surface area contributed by atoms with Crippen molar-refractivity contribution in [2.75, 3.05) is 13.7 Å². The highest BCUT2D eigenvalue weighted by Crippen LogP contribution is 2.28. The second-order valence-electron chi connectivity index (χ2n) is 6.47. The van der Waals surface area contributed by atoms with Crippen molar-refractivity contribution in [2.24, 2.45) is 5.92 Å². The summed E-state index contributed by atoms with van der Waals surface area (Å²) in [6, 6.07) is 6.47. The molecule has 1 heterocycles. The molecule has 1 aromatic rings. The number of hydrogen-bond donors (Lipinski definition) is 2. The van der Waals surface area contributed by atoms with Gasteiger partial charge in [-0.15, -0.1) is 12.4 Å². The Bertz CT molecular complexity index is 520. The van der Waals surface area contributed by atoms with Crippen LogP contribution < -0.4 is 15.4 Å². The molecule has 5 heteroatoms.